The average molecular weight is 296 g/mol. The first-order chi connectivity index (χ1) is 9.72. The highest BCUT2D eigenvalue weighted by molar-refractivity contribution is 6.66. The molecule has 1 radical (unpaired) electrons. The molecular formula is C14H23BNO5. The second-order valence-electron chi connectivity index (χ2n) is 6.45. The molecule has 6 nitrogen and oxygen atoms in total. The van der Waals surface area contributed by atoms with Crippen LogP contribution >= 0.6 is 0 Å². The second kappa shape index (κ2) is 7.07. The van der Waals surface area contributed by atoms with E-state index in [0.717, 1.165) is 0 Å². The summed E-state index contributed by atoms with van der Waals surface area (Å²) in [7, 11) is 2.67. The molecule has 3 atom stereocenters. The number of methoxy groups -OCH3 is 1. The topological polar surface area (TPSA) is 83.9 Å². The summed E-state index contributed by atoms with van der Waals surface area (Å²) in [4.78, 5) is 36.5. The van der Waals surface area contributed by atoms with Crippen molar-refractivity contribution in [3.8, 4) is 0 Å². The molecule has 0 unspecified atom stereocenters. The summed E-state index contributed by atoms with van der Waals surface area (Å²) in [5.74, 6) is -1.18. The highest BCUT2D eigenvalue weighted by Gasteiger charge is 2.44. The summed E-state index contributed by atoms with van der Waals surface area (Å²) >= 11 is 0. The molecule has 1 saturated heterocycles. The van der Waals surface area contributed by atoms with Gasteiger partial charge in [-0.2, -0.15) is 0 Å². The Labute approximate surface area is 126 Å². The van der Waals surface area contributed by atoms with E-state index in [4.69, 9.17) is 4.74 Å². The van der Waals surface area contributed by atoms with Crippen LogP contribution in [-0.2, 0) is 19.1 Å². The van der Waals surface area contributed by atoms with Crippen LogP contribution in [0.3, 0.4) is 0 Å². The van der Waals surface area contributed by atoms with Crippen LogP contribution in [0.4, 0.5) is 0 Å². The van der Waals surface area contributed by atoms with Crippen LogP contribution in [0.5, 0.6) is 0 Å². The molecule has 0 aromatic heterocycles. The fourth-order valence-corrected chi connectivity index (χ4v) is 2.63. The lowest BCUT2D eigenvalue weighted by atomic mass is 9.64. The molecule has 1 rings (SSSR count). The maximum atomic E-state index is 12.7. The summed E-state index contributed by atoms with van der Waals surface area (Å²) in [5, 5.41) is 9.76. The highest BCUT2D eigenvalue weighted by Crippen LogP contribution is 2.33. The van der Waals surface area contributed by atoms with Gasteiger partial charge < -0.3 is 19.5 Å². The summed E-state index contributed by atoms with van der Waals surface area (Å²) in [6, 6.07) is -0.751. The standard InChI is InChI=1S/C14H23BNO5/c1-14(2,3)10(6-15-8-17)12(19)16-7-9(18)5-11(16)13(20)21-4/h8-11,18H,5-7H2,1-4H3/t9-,10-,11+/m1/s1. The molecule has 1 aliphatic heterocycles. The Morgan fingerprint density at radius 1 is 1.48 bits per heavy atom. The van der Waals surface area contributed by atoms with Crippen LogP contribution in [0.2, 0.25) is 6.32 Å². The van der Waals surface area contributed by atoms with E-state index in [9.17, 15) is 19.5 Å². The number of β-amino-alcohol motifs (C(OH)–C–C–N with tert-alkyl or cyclic N) is 1. The molecule has 117 valence electrons. The Hall–Kier alpha value is -1.37. The van der Waals surface area contributed by atoms with Crippen LogP contribution in [0.1, 0.15) is 27.2 Å². The maximum absolute atomic E-state index is 12.7. The van der Waals surface area contributed by atoms with Crippen LogP contribution in [0.15, 0.2) is 0 Å². The molecule has 0 aliphatic carbocycles. The van der Waals surface area contributed by atoms with Gasteiger partial charge in [0.1, 0.15) is 6.04 Å². The number of carbonyl (C=O) groups excluding carboxylic acids is 3. The van der Waals surface area contributed by atoms with Crippen LogP contribution < -0.4 is 0 Å². The Morgan fingerprint density at radius 2 is 2.10 bits per heavy atom. The Kier molecular flexibility index (Phi) is 5.95. The number of hydrogen-bond acceptors (Lipinski definition) is 5. The van der Waals surface area contributed by atoms with Gasteiger partial charge in [0.2, 0.25) is 5.91 Å². The summed E-state index contributed by atoms with van der Waals surface area (Å²) < 4.78 is 4.70. The molecule has 21 heavy (non-hydrogen) atoms. The second-order valence-corrected chi connectivity index (χ2v) is 6.45. The van der Waals surface area contributed by atoms with Gasteiger partial charge in [0.25, 0.3) is 0 Å². The van der Waals surface area contributed by atoms with Gasteiger partial charge in [0.15, 0.2) is 7.28 Å². The normalized spacial score (nSPS) is 23.6. The van der Waals surface area contributed by atoms with E-state index >= 15 is 0 Å². The van der Waals surface area contributed by atoms with Crippen molar-refractivity contribution in [2.45, 2.75) is 45.7 Å². The number of aliphatic hydroxyl groups excluding tert-OH is 1. The largest absolute Gasteiger partial charge is 0.467 e. The fourth-order valence-electron chi connectivity index (χ4n) is 2.63. The molecule has 0 saturated carbocycles. The van der Waals surface area contributed by atoms with Gasteiger partial charge in [0.05, 0.1) is 19.4 Å². The molecule has 0 bridgehead atoms. The van der Waals surface area contributed by atoms with Crippen molar-refractivity contribution < 1.29 is 24.2 Å². The van der Waals surface area contributed by atoms with E-state index in [2.05, 4.69) is 0 Å². The van der Waals surface area contributed by atoms with Crippen LogP contribution in [0, 0.1) is 11.3 Å². The van der Waals surface area contributed by atoms with Gasteiger partial charge >= 0.3 is 5.97 Å². The van der Waals surface area contributed by atoms with Crippen molar-refractivity contribution in [3.05, 3.63) is 0 Å². The molecule has 1 fully saturated rings. The lowest BCUT2D eigenvalue weighted by molar-refractivity contribution is -0.153. The smallest absolute Gasteiger partial charge is 0.328 e. The number of rotatable bonds is 5. The zero-order valence-corrected chi connectivity index (χ0v) is 13.0. The van der Waals surface area contributed by atoms with E-state index in [0.29, 0.717) is 12.5 Å². The number of amides is 1. The maximum Gasteiger partial charge on any atom is 0.328 e. The highest BCUT2D eigenvalue weighted by atomic mass is 16.5. The van der Waals surface area contributed by atoms with Crippen molar-refractivity contribution in [1.29, 1.82) is 0 Å². The number of ether oxygens (including phenoxy) is 1. The van der Waals surface area contributed by atoms with E-state index in [1.807, 2.05) is 20.8 Å². The Morgan fingerprint density at radius 3 is 2.57 bits per heavy atom. The fraction of sp³-hybridized carbons (Fsp3) is 0.786. The van der Waals surface area contributed by atoms with Crippen molar-refractivity contribution >= 4 is 25.3 Å². The minimum absolute atomic E-state index is 0.117. The number of hydrogen-bond donors (Lipinski definition) is 1. The number of aliphatic hydroxyl groups is 1. The summed E-state index contributed by atoms with van der Waals surface area (Å²) in [6.07, 6.45) is 0.440. The van der Waals surface area contributed by atoms with Gasteiger partial charge in [-0.25, -0.2) is 4.79 Å². The molecule has 1 heterocycles. The average Bonchev–Trinajstić information content (AvgIpc) is 2.78. The predicted molar refractivity (Wildman–Crippen MR) is 78.4 cm³/mol. The number of carbonyl (C=O) groups is 3. The molecule has 0 aromatic carbocycles. The number of nitrogens with zero attached hydrogens (tertiary/aromatic N) is 1. The first-order valence-electron chi connectivity index (χ1n) is 7.05. The molecular weight excluding hydrogens is 273 g/mol. The summed E-state index contributed by atoms with van der Waals surface area (Å²) in [5.41, 5.74) is -0.356. The van der Waals surface area contributed by atoms with Crippen LogP contribution in [-0.4, -0.2) is 61.1 Å². The Bertz CT molecular complexity index is 407. The number of esters is 1. The quantitative estimate of drug-likeness (QED) is 0.442. The molecule has 0 aromatic rings. The van der Waals surface area contributed by atoms with Gasteiger partial charge in [-0.3, -0.25) is 4.79 Å². The Balaban J connectivity index is 2.95. The monoisotopic (exact) mass is 296 g/mol. The molecule has 1 amide bonds. The van der Waals surface area contributed by atoms with Crippen molar-refractivity contribution in [2.24, 2.45) is 11.3 Å². The van der Waals surface area contributed by atoms with Gasteiger partial charge in [-0.05, 0) is 5.41 Å². The van der Waals surface area contributed by atoms with Crippen molar-refractivity contribution in [1.82, 2.24) is 4.90 Å². The van der Waals surface area contributed by atoms with E-state index in [1.54, 1.807) is 0 Å². The first-order valence-corrected chi connectivity index (χ1v) is 7.05. The van der Waals surface area contributed by atoms with E-state index in [1.165, 1.54) is 19.3 Å². The predicted octanol–water partition coefficient (Wildman–Crippen LogP) is 0.0962. The van der Waals surface area contributed by atoms with Gasteiger partial charge in [-0.1, -0.05) is 27.1 Å². The molecule has 1 N–H and O–H groups in total. The minimum atomic E-state index is -0.751. The van der Waals surface area contributed by atoms with Gasteiger partial charge in [-0.15, -0.1) is 0 Å². The lowest BCUT2D eigenvalue weighted by Crippen LogP contribution is -2.47. The third kappa shape index (κ3) is 4.30. The zero-order valence-electron chi connectivity index (χ0n) is 13.0. The van der Waals surface area contributed by atoms with Crippen molar-refractivity contribution in [3.63, 3.8) is 0 Å². The third-order valence-electron chi connectivity index (χ3n) is 3.85. The first kappa shape index (κ1) is 17.7. The molecule has 1 aliphatic rings. The van der Waals surface area contributed by atoms with Gasteiger partial charge in [0, 0.05) is 18.9 Å². The number of likely N-dealkylation sites (tertiary alicyclic amines) is 1. The molecule has 7 heteroatoms. The van der Waals surface area contributed by atoms with E-state index < -0.39 is 24.0 Å². The van der Waals surface area contributed by atoms with Crippen LogP contribution in [0.25, 0.3) is 0 Å². The SMILES string of the molecule is COC(=O)[C@@H]1C[C@@H](O)CN1C(=O)[C@@H](C[B]C=O)C(C)(C)C. The van der Waals surface area contributed by atoms with Crippen molar-refractivity contribution in [2.75, 3.05) is 13.7 Å². The lowest BCUT2D eigenvalue weighted by Gasteiger charge is -2.34. The summed E-state index contributed by atoms with van der Waals surface area (Å²) in [6.45, 7) is 5.85. The third-order valence-corrected chi connectivity index (χ3v) is 3.85. The zero-order chi connectivity index (χ0) is 16.2. The minimum Gasteiger partial charge on any atom is -0.467 e. The van der Waals surface area contributed by atoms with E-state index in [-0.39, 0.29) is 24.3 Å². The molecule has 0 spiro atoms.